The number of aliphatic hydroxyl groups is 1. The van der Waals surface area contributed by atoms with Gasteiger partial charge in [0.2, 0.25) is 0 Å². The summed E-state index contributed by atoms with van der Waals surface area (Å²) in [7, 11) is 1.49. The summed E-state index contributed by atoms with van der Waals surface area (Å²) in [5.41, 5.74) is 0.399. The average Bonchev–Trinajstić information content (AvgIpc) is 2.30. The van der Waals surface area contributed by atoms with Crippen LogP contribution in [0, 0.1) is 5.82 Å². The van der Waals surface area contributed by atoms with Crippen LogP contribution in [0.3, 0.4) is 0 Å². The largest absolute Gasteiger partial charge is 0.389 e. The molecule has 1 unspecified atom stereocenters. The molecule has 1 aromatic carbocycles. The summed E-state index contributed by atoms with van der Waals surface area (Å²) >= 11 is 0. The molecule has 0 spiro atoms. The van der Waals surface area contributed by atoms with Gasteiger partial charge in [-0.25, -0.2) is 13.2 Å². The SMILES string of the molecule is CN(CC(F)F)CC(O)COCc1ccccc1F. The van der Waals surface area contributed by atoms with Crippen LogP contribution in [0.25, 0.3) is 0 Å². The highest BCUT2D eigenvalue weighted by atomic mass is 19.3. The monoisotopic (exact) mass is 277 g/mol. The number of aliphatic hydroxyl groups excluding tert-OH is 1. The fourth-order valence-corrected chi connectivity index (χ4v) is 1.64. The van der Waals surface area contributed by atoms with Crippen molar-refractivity contribution in [2.75, 3.05) is 26.7 Å². The third-order valence-electron chi connectivity index (χ3n) is 2.50. The molecule has 0 amide bonds. The summed E-state index contributed by atoms with van der Waals surface area (Å²) in [4.78, 5) is 1.32. The Morgan fingerprint density at radius 3 is 2.58 bits per heavy atom. The maximum Gasteiger partial charge on any atom is 0.251 e. The zero-order chi connectivity index (χ0) is 14.3. The van der Waals surface area contributed by atoms with Gasteiger partial charge in [0, 0.05) is 12.1 Å². The first-order valence-electron chi connectivity index (χ1n) is 5.95. The molecule has 0 saturated heterocycles. The predicted molar refractivity (Wildman–Crippen MR) is 65.6 cm³/mol. The number of alkyl halides is 2. The van der Waals surface area contributed by atoms with E-state index in [9.17, 15) is 18.3 Å². The Hall–Kier alpha value is -1.11. The summed E-state index contributed by atoms with van der Waals surface area (Å²) in [5, 5.41) is 9.57. The molecule has 0 aromatic heterocycles. The van der Waals surface area contributed by atoms with Crippen LogP contribution in [0.2, 0.25) is 0 Å². The Morgan fingerprint density at radius 1 is 1.26 bits per heavy atom. The fourth-order valence-electron chi connectivity index (χ4n) is 1.64. The number of hydrogen-bond donors (Lipinski definition) is 1. The molecular formula is C13H18F3NO2. The lowest BCUT2D eigenvalue weighted by molar-refractivity contribution is 0.00379. The molecule has 0 fully saturated rings. The van der Waals surface area contributed by atoms with Crippen molar-refractivity contribution in [1.82, 2.24) is 4.90 Å². The molecule has 0 aliphatic rings. The van der Waals surface area contributed by atoms with E-state index in [-0.39, 0.29) is 25.6 Å². The molecule has 0 aliphatic carbocycles. The molecule has 0 bridgehead atoms. The van der Waals surface area contributed by atoms with Crippen molar-refractivity contribution in [1.29, 1.82) is 0 Å². The highest BCUT2D eigenvalue weighted by molar-refractivity contribution is 5.16. The molecule has 1 rings (SSSR count). The number of nitrogens with zero attached hydrogens (tertiary/aromatic N) is 1. The van der Waals surface area contributed by atoms with Crippen molar-refractivity contribution < 1.29 is 23.0 Å². The minimum atomic E-state index is -2.43. The number of benzene rings is 1. The third kappa shape index (κ3) is 6.56. The third-order valence-corrected chi connectivity index (χ3v) is 2.50. The molecule has 19 heavy (non-hydrogen) atoms. The van der Waals surface area contributed by atoms with Gasteiger partial charge in [-0.15, -0.1) is 0 Å². The molecule has 0 aliphatic heterocycles. The quantitative estimate of drug-likeness (QED) is 0.788. The summed E-state index contributed by atoms with van der Waals surface area (Å²) < 4.78 is 42.5. The van der Waals surface area contributed by atoms with Gasteiger partial charge < -0.3 is 9.84 Å². The Kier molecular flexibility index (Phi) is 6.83. The van der Waals surface area contributed by atoms with E-state index >= 15 is 0 Å². The number of rotatable bonds is 8. The highest BCUT2D eigenvalue weighted by Gasteiger charge is 2.12. The molecule has 1 atom stereocenters. The van der Waals surface area contributed by atoms with E-state index in [1.54, 1.807) is 18.2 Å². The Balaban J connectivity index is 2.24. The second kappa shape index (κ2) is 8.14. The maximum atomic E-state index is 13.2. The van der Waals surface area contributed by atoms with Gasteiger partial charge in [0.1, 0.15) is 5.82 Å². The minimum Gasteiger partial charge on any atom is -0.389 e. The smallest absolute Gasteiger partial charge is 0.251 e. The highest BCUT2D eigenvalue weighted by Crippen LogP contribution is 2.08. The van der Waals surface area contributed by atoms with Crippen LogP contribution in [-0.4, -0.2) is 49.3 Å². The van der Waals surface area contributed by atoms with Crippen LogP contribution in [0.4, 0.5) is 13.2 Å². The zero-order valence-electron chi connectivity index (χ0n) is 10.7. The Labute approximate surface area is 110 Å². The Morgan fingerprint density at radius 2 is 1.95 bits per heavy atom. The molecular weight excluding hydrogens is 259 g/mol. The average molecular weight is 277 g/mol. The van der Waals surface area contributed by atoms with Gasteiger partial charge in [-0.05, 0) is 13.1 Å². The van der Waals surface area contributed by atoms with Gasteiger partial charge in [0.05, 0.1) is 25.9 Å². The van der Waals surface area contributed by atoms with Gasteiger partial charge in [-0.3, -0.25) is 4.90 Å². The van der Waals surface area contributed by atoms with Crippen molar-refractivity contribution >= 4 is 0 Å². The normalized spacial score (nSPS) is 13.2. The second-order valence-electron chi connectivity index (χ2n) is 4.37. The zero-order valence-corrected chi connectivity index (χ0v) is 10.7. The molecule has 1 N–H and O–H groups in total. The lowest BCUT2D eigenvalue weighted by Gasteiger charge is -2.20. The van der Waals surface area contributed by atoms with Gasteiger partial charge in [0.25, 0.3) is 6.43 Å². The lowest BCUT2D eigenvalue weighted by atomic mass is 10.2. The first kappa shape index (κ1) is 15.9. The van der Waals surface area contributed by atoms with Gasteiger partial charge in [0.15, 0.2) is 0 Å². The molecule has 0 radical (unpaired) electrons. The summed E-state index contributed by atoms with van der Waals surface area (Å²) in [5.74, 6) is -0.369. The molecule has 1 aromatic rings. The van der Waals surface area contributed by atoms with Gasteiger partial charge >= 0.3 is 0 Å². The van der Waals surface area contributed by atoms with Crippen LogP contribution < -0.4 is 0 Å². The fraction of sp³-hybridized carbons (Fsp3) is 0.538. The first-order chi connectivity index (χ1) is 8.99. The van der Waals surface area contributed by atoms with E-state index < -0.39 is 19.1 Å². The van der Waals surface area contributed by atoms with E-state index in [1.165, 1.54) is 18.0 Å². The lowest BCUT2D eigenvalue weighted by Crippen LogP contribution is -2.35. The van der Waals surface area contributed by atoms with Crippen molar-refractivity contribution in [3.8, 4) is 0 Å². The van der Waals surface area contributed by atoms with Crippen LogP contribution in [-0.2, 0) is 11.3 Å². The first-order valence-corrected chi connectivity index (χ1v) is 5.95. The van der Waals surface area contributed by atoms with E-state index in [0.717, 1.165) is 0 Å². The molecule has 6 heteroatoms. The van der Waals surface area contributed by atoms with Crippen LogP contribution in [0.15, 0.2) is 24.3 Å². The van der Waals surface area contributed by atoms with Crippen molar-refractivity contribution in [3.05, 3.63) is 35.6 Å². The number of ether oxygens (including phenoxy) is 1. The number of hydrogen-bond acceptors (Lipinski definition) is 3. The van der Waals surface area contributed by atoms with E-state index in [1.807, 2.05) is 0 Å². The molecule has 0 saturated carbocycles. The van der Waals surface area contributed by atoms with Crippen LogP contribution >= 0.6 is 0 Å². The topological polar surface area (TPSA) is 32.7 Å². The number of halogens is 3. The molecule has 3 nitrogen and oxygen atoms in total. The molecule has 0 heterocycles. The Bertz CT molecular complexity index is 377. The maximum absolute atomic E-state index is 13.2. The van der Waals surface area contributed by atoms with E-state index in [4.69, 9.17) is 4.74 Å². The summed E-state index contributed by atoms with van der Waals surface area (Å²) in [6, 6.07) is 6.18. The van der Waals surface area contributed by atoms with Gasteiger partial charge in [-0.2, -0.15) is 0 Å². The summed E-state index contributed by atoms with van der Waals surface area (Å²) in [6.45, 7) is -0.295. The van der Waals surface area contributed by atoms with Crippen LogP contribution in [0.1, 0.15) is 5.56 Å². The minimum absolute atomic E-state index is 0.0259. The van der Waals surface area contributed by atoms with E-state index in [0.29, 0.717) is 5.56 Å². The van der Waals surface area contributed by atoms with Crippen molar-refractivity contribution in [2.45, 2.75) is 19.1 Å². The number of likely N-dealkylation sites (N-methyl/N-ethyl adjacent to an activating group) is 1. The van der Waals surface area contributed by atoms with Gasteiger partial charge in [-0.1, -0.05) is 18.2 Å². The molecule has 108 valence electrons. The predicted octanol–water partition coefficient (Wildman–Crippen LogP) is 1.90. The van der Waals surface area contributed by atoms with Crippen molar-refractivity contribution in [2.24, 2.45) is 0 Å². The van der Waals surface area contributed by atoms with Crippen molar-refractivity contribution in [3.63, 3.8) is 0 Å². The standard InChI is InChI=1S/C13H18F3NO2/c1-17(7-13(15)16)6-11(18)9-19-8-10-4-2-3-5-12(10)14/h2-5,11,13,18H,6-9H2,1H3. The van der Waals surface area contributed by atoms with Crippen LogP contribution in [0.5, 0.6) is 0 Å². The summed E-state index contributed by atoms with van der Waals surface area (Å²) in [6.07, 6.45) is -3.31. The second-order valence-corrected chi connectivity index (χ2v) is 4.37. The van der Waals surface area contributed by atoms with E-state index in [2.05, 4.69) is 0 Å².